The number of hydrogen-bond acceptors (Lipinski definition) is 4. The Morgan fingerprint density at radius 3 is 2.83 bits per heavy atom. The number of amides is 1. The molecule has 2 heterocycles. The third-order valence-corrected chi connectivity index (χ3v) is 4.48. The molecule has 1 unspecified atom stereocenters. The fourth-order valence-electron chi connectivity index (χ4n) is 2.31. The monoisotopic (exact) mass is 326 g/mol. The minimum atomic E-state index is -0.197. The summed E-state index contributed by atoms with van der Waals surface area (Å²) in [6, 6.07) is 15.9. The van der Waals surface area contributed by atoms with Crippen LogP contribution >= 0.6 is 11.3 Å². The van der Waals surface area contributed by atoms with E-state index in [1.807, 2.05) is 42.6 Å². The highest BCUT2D eigenvalue weighted by Gasteiger charge is 2.16. The molecule has 0 radical (unpaired) electrons. The number of carbonyl (C=O) groups is 1. The molecule has 0 fully saturated rings. The summed E-state index contributed by atoms with van der Waals surface area (Å²) in [7, 11) is 0. The van der Waals surface area contributed by atoms with Crippen LogP contribution in [0.2, 0.25) is 0 Å². The van der Waals surface area contributed by atoms with Crippen molar-refractivity contribution in [3.05, 3.63) is 65.2 Å². The van der Waals surface area contributed by atoms with Gasteiger partial charge in [-0.2, -0.15) is 0 Å². The number of benzene rings is 1. The molecule has 0 saturated heterocycles. The highest BCUT2D eigenvalue weighted by Crippen LogP contribution is 2.25. The van der Waals surface area contributed by atoms with Crippen LogP contribution in [0.1, 0.15) is 29.4 Å². The number of aromatic nitrogens is 1. The zero-order chi connectivity index (χ0) is 16.1. The van der Waals surface area contributed by atoms with Gasteiger partial charge in [0.05, 0.1) is 4.88 Å². The van der Waals surface area contributed by atoms with Gasteiger partial charge in [0.25, 0.3) is 5.91 Å². The van der Waals surface area contributed by atoms with Crippen LogP contribution in [-0.2, 0) is 6.42 Å². The van der Waals surface area contributed by atoms with Crippen molar-refractivity contribution in [1.29, 1.82) is 0 Å². The summed E-state index contributed by atoms with van der Waals surface area (Å²) in [5.41, 5.74) is 1.59. The van der Waals surface area contributed by atoms with Crippen LogP contribution < -0.4 is 5.32 Å². The predicted molar refractivity (Wildman–Crippen MR) is 91.5 cm³/mol. The van der Waals surface area contributed by atoms with Crippen molar-refractivity contribution in [2.75, 3.05) is 0 Å². The number of carbonyl (C=O) groups excluding carboxylic acids is 1. The first kappa shape index (κ1) is 15.5. The van der Waals surface area contributed by atoms with E-state index in [0.717, 1.165) is 17.7 Å². The lowest BCUT2D eigenvalue weighted by Gasteiger charge is -2.12. The van der Waals surface area contributed by atoms with E-state index in [0.29, 0.717) is 11.5 Å². The molecule has 0 aliphatic carbocycles. The molecule has 1 aromatic carbocycles. The quantitative estimate of drug-likeness (QED) is 0.740. The first-order chi connectivity index (χ1) is 11.2. The van der Waals surface area contributed by atoms with Gasteiger partial charge in [0, 0.05) is 12.1 Å². The van der Waals surface area contributed by atoms with Crippen LogP contribution in [0, 0.1) is 0 Å². The molecule has 1 atom stereocenters. The zero-order valence-electron chi connectivity index (χ0n) is 12.9. The van der Waals surface area contributed by atoms with Gasteiger partial charge in [0.15, 0.2) is 11.5 Å². The minimum Gasteiger partial charge on any atom is -0.355 e. The molecule has 4 nitrogen and oxygen atoms in total. The zero-order valence-corrected chi connectivity index (χ0v) is 13.7. The normalized spacial score (nSPS) is 12.0. The molecule has 1 N–H and O–H groups in total. The molecule has 3 aromatic rings. The van der Waals surface area contributed by atoms with E-state index in [9.17, 15) is 4.79 Å². The van der Waals surface area contributed by atoms with Gasteiger partial charge in [0.2, 0.25) is 0 Å². The van der Waals surface area contributed by atoms with Crippen LogP contribution in [0.5, 0.6) is 0 Å². The van der Waals surface area contributed by atoms with Gasteiger partial charge in [0.1, 0.15) is 0 Å². The van der Waals surface area contributed by atoms with Gasteiger partial charge in [-0.1, -0.05) is 41.6 Å². The summed E-state index contributed by atoms with van der Waals surface area (Å²) >= 11 is 1.56. The smallest absolute Gasteiger partial charge is 0.273 e. The molecular weight excluding hydrogens is 308 g/mol. The van der Waals surface area contributed by atoms with Gasteiger partial charge < -0.3 is 9.84 Å². The number of aryl methyl sites for hydroxylation is 1. The number of nitrogens with one attached hydrogen (secondary N) is 1. The highest BCUT2D eigenvalue weighted by molar-refractivity contribution is 7.13. The average molecular weight is 326 g/mol. The number of thiophene rings is 1. The van der Waals surface area contributed by atoms with E-state index in [1.165, 1.54) is 5.56 Å². The standard InChI is InChI=1S/C18H18N2O2S/c1-13(9-10-14-6-3-2-4-7-14)19-18(21)15-12-16(22-20-15)17-8-5-11-23-17/h2-8,11-13H,9-10H2,1H3,(H,19,21). The minimum absolute atomic E-state index is 0.0737. The molecule has 23 heavy (non-hydrogen) atoms. The predicted octanol–water partition coefficient (Wildman–Crippen LogP) is 4.15. The van der Waals surface area contributed by atoms with Gasteiger partial charge in [-0.25, -0.2) is 0 Å². The summed E-state index contributed by atoms with van der Waals surface area (Å²) in [4.78, 5) is 13.2. The Hall–Kier alpha value is -2.40. The summed E-state index contributed by atoms with van der Waals surface area (Å²) in [5, 5.41) is 8.79. The fourth-order valence-corrected chi connectivity index (χ4v) is 2.99. The second kappa shape index (κ2) is 7.24. The fraction of sp³-hybridized carbons (Fsp3) is 0.222. The van der Waals surface area contributed by atoms with Crippen LogP contribution in [0.3, 0.4) is 0 Å². The van der Waals surface area contributed by atoms with E-state index in [1.54, 1.807) is 17.4 Å². The van der Waals surface area contributed by atoms with Crippen molar-refractivity contribution < 1.29 is 9.32 Å². The first-order valence-corrected chi connectivity index (χ1v) is 8.46. The van der Waals surface area contributed by atoms with Crippen LogP contribution in [0.25, 0.3) is 10.6 Å². The van der Waals surface area contributed by atoms with Crippen molar-refractivity contribution in [3.8, 4) is 10.6 Å². The molecule has 0 bridgehead atoms. The molecule has 0 aliphatic rings. The van der Waals surface area contributed by atoms with Crippen molar-refractivity contribution in [2.45, 2.75) is 25.8 Å². The summed E-state index contributed by atoms with van der Waals surface area (Å²) in [6.45, 7) is 2.00. The molecule has 0 aliphatic heterocycles. The van der Waals surface area contributed by atoms with Gasteiger partial charge in [-0.05, 0) is 36.8 Å². The summed E-state index contributed by atoms with van der Waals surface area (Å²) < 4.78 is 5.24. The summed E-state index contributed by atoms with van der Waals surface area (Å²) in [5.74, 6) is 0.430. The van der Waals surface area contributed by atoms with Crippen molar-refractivity contribution in [2.24, 2.45) is 0 Å². The van der Waals surface area contributed by atoms with E-state index < -0.39 is 0 Å². The molecule has 0 saturated carbocycles. The van der Waals surface area contributed by atoms with Crippen molar-refractivity contribution >= 4 is 17.2 Å². The number of rotatable bonds is 6. The molecule has 5 heteroatoms. The molecule has 1 amide bonds. The molecule has 3 rings (SSSR count). The van der Waals surface area contributed by atoms with Gasteiger partial charge >= 0.3 is 0 Å². The van der Waals surface area contributed by atoms with Crippen molar-refractivity contribution in [3.63, 3.8) is 0 Å². The highest BCUT2D eigenvalue weighted by atomic mass is 32.1. The lowest BCUT2D eigenvalue weighted by atomic mass is 10.1. The van der Waals surface area contributed by atoms with Crippen LogP contribution in [0.4, 0.5) is 0 Å². The Balaban J connectivity index is 1.54. The maximum absolute atomic E-state index is 12.2. The van der Waals surface area contributed by atoms with E-state index in [-0.39, 0.29) is 11.9 Å². The van der Waals surface area contributed by atoms with Gasteiger partial charge in [-0.3, -0.25) is 4.79 Å². The SMILES string of the molecule is CC(CCc1ccccc1)NC(=O)c1cc(-c2cccs2)on1. The van der Waals surface area contributed by atoms with Crippen molar-refractivity contribution in [1.82, 2.24) is 10.5 Å². The van der Waals surface area contributed by atoms with E-state index in [4.69, 9.17) is 4.52 Å². The lowest BCUT2D eigenvalue weighted by Crippen LogP contribution is -2.33. The second-order valence-electron chi connectivity index (χ2n) is 5.45. The lowest BCUT2D eigenvalue weighted by molar-refractivity contribution is 0.0929. The molecule has 2 aromatic heterocycles. The average Bonchev–Trinajstić information content (AvgIpc) is 3.24. The Bertz CT molecular complexity index is 750. The Morgan fingerprint density at radius 2 is 2.09 bits per heavy atom. The Morgan fingerprint density at radius 1 is 1.26 bits per heavy atom. The Labute approximate surface area is 139 Å². The Kier molecular flexibility index (Phi) is 4.88. The maximum Gasteiger partial charge on any atom is 0.273 e. The summed E-state index contributed by atoms with van der Waals surface area (Å²) in [6.07, 6.45) is 1.81. The van der Waals surface area contributed by atoms with E-state index in [2.05, 4.69) is 22.6 Å². The number of hydrogen-bond donors (Lipinski definition) is 1. The maximum atomic E-state index is 12.2. The largest absolute Gasteiger partial charge is 0.355 e. The van der Waals surface area contributed by atoms with E-state index >= 15 is 0 Å². The topological polar surface area (TPSA) is 55.1 Å². The van der Waals surface area contributed by atoms with Crippen LogP contribution in [-0.4, -0.2) is 17.1 Å². The number of nitrogens with zero attached hydrogens (tertiary/aromatic N) is 1. The van der Waals surface area contributed by atoms with Crippen LogP contribution in [0.15, 0.2) is 58.4 Å². The second-order valence-corrected chi connectivity index (χ2v) is 6.40. The van der Waals surface area contributed by atoms with Gasteiger partial charge in [-0.15, -0.1) is 11.3 Å². The third-order valence-electron chi connectivity index (χ3n) is 3.59. The molecule has 118 valence electrons. The molecule has 0 spiro atoms. The molecular formula is C18H18N2O2S. The first-order valence-electron chi connectivity index (χ1n) is 7.58. The third kappa shape index (κ3) is 4.07.